The molecule has 0 saturated carbocycles. The molecule has 10 nitrogen and oxygen atoms in total. The average Bonchev–Trinajstić information content (AvgIpc) is 3.30. The molecular formula is C28H32N4O6S2. The number of carbonyl (C=O) groups is 3. The number of sulfonamides is 1. The molecule has 3 amide bonds. The summed E-state index contributed by atoms with van der Waals surface area (Å²) in [5.41, 5.74) is 2.11. The number of alkyl carbamates (subject to hydrolysis) is 1. The van der Waals surface area contributed by atoms with Crippen LogP contribution in [0, 0.1) is 0 Å². The molecule has 2 aromatic carbocycles. The molecule has 0 spiro atoms. The smallest absolute Gasteiger partial charge is 0.413 e. The van der Waals surface area contributed by atoms with Gasteiger partial charge in [0, 0.05) is 43.2 Å². The Morgan fingerprint density at radius 1 is 1.05 bits per heavy atom. The van der Waals surface area contributed by atoms with Crippen molar-refractivity contribution in [1.82, 2.24) is 14.5 Å². The van der Waals surface area contributed by atoms with Crippen molar-refractivity contribution >= 4 is 44.3 Å². The highest BCUT2D eigenvalue weighted by Gasteiger charge is 2.30. The Morgan fingerprint density at radius 2 is 1.73 bits per heavy atom. The number of amides is 3. The first-order valence-electron chi connectivity index (χ1n) is 12.7. The molecule has 212 valence electrons. The number of hydrogen-bond donors (Lipinski definition) is 2. The van der Waals surface area contributed by atoms with Gasteiger partial charge in [0.2, 0.25) is 10.0 Å². The predicted molar refractivity (Wildman–Crippen MR) is 153 cm³/mol. The van der Waals surface area contributed by atoms with Gasteiger partial charge in [-0.25, -0.2) is 13.2 Å². The van der Waals surface area contributed by atoms with Crippen LogP contribution in [-0.2, 0) is 34.3 Å². The van der Waals surface area contributed by atoms with Gasteiger partial charge in [0.1, 0.15) is 5.00 Å². The van der Waals surface area contributed by atoms with E-state index in [1.807, 2.05) is 30.3 Å². The monoisotopic (exact) mass is 584 g/mol. The Balaban J connectivity index is 1.55. The van der Waals surface area contributed by atoms with Crippen LogP contribution in [0.2, 0.25) is 0 Å². The zero-order valence-electron chi connectivity index (χ0n) is 22.8. The molecule has 0 saturated heterocycles. The maximum Gasteiger partial charge on any atom is 0.413 e. The second kappa shape index (κ2) is 12.3. The van der Waals surface area contributed by atoms with Crippen LogP contribution in [0.25, 0.3) is 0 Å². The van der Waals surface area contributed by atoms with Gasteiger partial charge in [-0.3, -0.25) is 19.8 Å². The number of imide groups is 1. The first kappa shape index (κ1) is 29.4. The van der Waals surface area contributed by atoms with Crippen LogP contribution < -0.4 is 10.6 Å². The maximum absolute atomic E-state index is 13.2. The van der Waals surface area contributed by atoms with E-state index in [0.29, 0.717) is 24.0 Å². The molecule has 40 heavy (non-hydrogen) atoms. The number of fused-ring (bicyclic) bond motifs is 1. The number of carbonyl (C=O) groups excluding carboxylic acids is 3. The first-order valence-corrected chi connectivity index (χ1v) is 15.0. The van der Waals surface area contributed by atoms with Gasteiger partial charge in [-0.15, -0.1) is 11.3 Å². The predicted octanol–water partition coefficient (Wildman–Crippen LogP) is 4.08. The number of rotatable bonds is 8. The van der Waals surface area contributed by atoms with Crippen molar-refractivity contribution in [3.05, 3.63) is 81.7 Å². The summed E-state index contributed by atoms with van der Waals surface area (Å²) in [5, 5.41) is 5.31. The van der Waals surface area contributed by atoms with Crippen LogP contribution in [0.15, 0.2) is 59.5 Å². The number of benzene rings is 2. The number of hydrogen-bond acceptors (Lipinski definition) is 8. The van der Waals surface area contributed by atoms with Gasteiger partial charge in [0.05, 0.1) is 17.6 Å². The third-order valence-corrected chi connectivity index (χ3v) is 9.69. The first-order chi connectivity index (χ1) is 19.0. The quantitative estimate of drug-likeness (QED) is 0.409. The van der Waals surface area contributed by atoms with E-state index in [-0.39, 0.29) is 22.6 Å². The number of anilines is 1. The van der Waals surface area contributed by atoms with Gasteiger partial charge in [0.25, 0.3) is 11.8 Å². The topological polar surface area (TPSA) is 125 Å². The fourth-order valence-electron chi connectivity index (χ4n) is 4.46. The third-order valence-electron chi connectivity index (χ3n) is 6.74. The Bertz CT molecular complexity index is 1500. The van der Waals surface area contributed by atoms with E-state index in [4.69, 9.17) is 0 Å². The molecule has 1 aliphatic rings. The van der Waals surface area contributed by atoms with Crippen LogP contribution in [0.5, 0.6) is 0 Å². The largest absolute Gasteiger partial charge is 0.453 e. The zero-order chi connectivity index (χ0) is 29.0. The molecular weight excluding hydrogens is 552 g/mol. The van der Waals surface area contributed by atoms with Crippen molar-refractivity contribution in [3.63, 3.8) is 0 Å². The molecule has 0 bridgehead atoms. The number of methoxy groups -OCH3 is 1. The molecule has 1 aromatic heterocycles. The highest BCUT2D eigenvalue weighted by molar-refractivity contribution is 7.89. The fourth-order valence-corrected chi connectivity index (χ4v) is 6.88. The average molecular weight is 585 g/mol. The number of nitrogens with one attached hydrogen (secondary N) is 2. The third kappa shape index (κ3) is 6.41. The van der Waals surface area contributed by atoms with Crippen molar-refractivity contribution < 1.29 is 27.5 Å². The molecule has 12 heteroatoms. The molecule has 3 aromatic rings. The molecule has 4 rings (SSSR count). The molecule has 0 radical (unpaired) electrons. The Kier molecular flexibility index (Phi) is 9.04. The number of ether oxygens (including phenoxy) is 1. The molecule has 0 unspecified atom stereocenters. The molecule has 2 heterocycles. The van der Waals surface area contributed by atoms with E-state index in [1.165, 1.54) is 47.0 Å². The highest BCUT2D eigenvalue weighted by atomic mass is 32.2. The standard InChI is InChI=1S/C28H32N4O6S2/c1-18(2)32-15-14-22-23(17-32)39-27(24(22)26(34)30-28(35)38-4)29-25(33)20-10-12-21(13-11-20)40(36,37)31(3)16-19-8-6-5-7-9-19/h5-13,18H,14-17H2,1-4H3,(H,29,33)(H,30,34,35). The minimum Gasteiger partial charge on any atom is -0.453 e. The van der Waals surface area contributed by atoms with E-state index >= 15 is 0 Å². The van der Waals surface area contributed by atoms with E-state index in [2.05, 4.69) is 34.1 Å². The lowest BCUT2D eigenvalue weighted by Gasteiger charge is -2.30. The van der Waals surface area contributed by atoms with Gasteiger partial charge >= 0.3 is 6.09 Å². The molecule has 0 fully saturated rings. The van der Waals surface area contributed by atoms with E-state index in [1.54, 1.807) is 0 Å². The summed E-state index contributed by atoms with van der Waals surface area (Å²) in [4.78, 5) is 41.2. The molecule has 0 aliphatic carbocycles. The van der Waals surface area contributed by atoms with Gasteiger partial charge in [-0.05, 0) is 55.7 Å². The number of nitrogens with zero attached hydrogens (tertiary/aromatic N) is 2. The van der Waals surface area contributed by atoms with Gasteiger partial charge in [-0.1, -0.05) is 30.3 Å². The minimum atomic E-state index is -3.78. The highest BCUT2D eigenvalue weighted by Crippen LogP contribution is 2.38. The lowest BCUT2D eigenvalue weighted by atomic mass is 10.0. The van der Waals surface area contributed by atoms with Gasteiger partial charge in [0.15, 0.2) is 0 Å². The summed E-state index contributed by atoms with van der Waals surface area (Å²) in [6.45, 7) is 5.75. The summed E-state index contributed by atoms with van der Waals surface area (Å²) >= 11 is 1.29. The lowest BCUT2D eigenvalue weighted by molar-refractivity contribution is 0.0936. The SMILES string of the molecule is COC(=O)NC(=O)c1c(NC(=O)c2ccc(S(=O)(=O)N(C)Cc3ccccc3)cc2)sc2c1CCN(C(C)C)C2. The second-order valence-corrected chi connectivity index (χ2v) is 12.8. The van der Waals surface area contributed by atoms with Crippen LogP contribution in [0.1, 0.15) is 50.6 Å². The maximum atomic E-state index is 13.2. The van der Waals surface area contributed by atoms with Crippen molar-refractivity contribution in [2.24, 2.45) is 0 Å². The van der Waals surface area contributed by atoms with E-state index in [0.717, 1.165) is 29.7 Å². The minimum absolute atomic E-state index is 0.0565. The lowest BCUT2D eigenvalue weighted by Crippen LogP contribution is -2.36. The summed E-state index contributed by atoms with van der Waals surface area (Å²) < 4.78 is 32.0. The van der Waals surface area contributed by atoms with E-state index in [9.17, 15) is 22.8 Å². The summed E-state index contributed by atoms with van der Waals surface area (Å²) in [7, 11) is -1.12. The zero-order valence-corrected chi connectivity index (χ0v) is 24.4. The van der Waals surface area contributed by atoms with Gasteiger partial charge in [-0.2, -0.15) is 4.31 Å². The summed E-state index contributed by atoms with van der Waals surface area (Å²) in [5.74, 6) is -1.16. The van der Waals surface area contributed by atoms with Crippen LogP contribution in [0.3, 0.4) is 0 Å². The van der Waals surface area contributed by atoms with Gasteiger partial charge < -0.3 is 10.1 Å². The van der Waals surface area contributed by atoms with Crippen LogP contribution >= 0.6 is 11.3 Å². The van der Waals surface area contributed by atoms with Crippen molar-refractivity contribution in [3.8, 4) is 0 Å². The van der Waals surface area contributed by atoms with Crippen molar-refractivity contribution in [2.45, 2.75) is 44.3 Å². The van der Waals surface area contributed by atoms with Crippen molar-refractivity contribution in [1.29, 1.82) is 0 Å². The Labute approximate surface area is 238 Å². The summed E-state index contributed by atoms with van der Waals surface area (Å²) in [6.07, 6.45) is -0.303. The fraction of sp³-hybridized carbons (Fsp3) is 0.321. The molecule has 0 atom stereocenters. The molecule has 2 N–H and O–H groups in total. The molecule has 1 aliphatic heterocycles. The normalized spacial score (nSPS) is 13.7. The Morgan fingerprint density at radius 3 is 2.35 bits per heavy atom. The number of thiophene rings is 1. The van der Waals surface area contributed by atoms with Crippen LogP contribution in [-0.4, -0.2) is 62.3 Å². The van der Waals surface area contributed by atoms with Crippen molar-refractivity contribution in [2.75, 3.05) is 26.0 Å². The van der Waals surface area contributed by atoms with E-state index < -0.39 is 27.9 Å². The Hall–Kier alpha value is -3.58. The second-order valence-electron chi connectivity index (χ2n) is 9.69. The summed E-state index contributed by atoms with van der Waals surface area (Å²) in [6, 6.07) is 15.2. The van der Waals surface area contributed by atoms with Crippen LogP contribution in [0.4, 0.5) is 9.80 Å².